The maximum absolute atomic E-state index is 12.3. The van der Waals surface area contributed by atoms with Crippen LogP contribution in [0, 0.1) is 0 Å². The zero-order valence-corrected chi connectivity index (χ0v) is 18.3. The van der Waals surface area contributed by atoms with Crippen molar-refractivity contribution in [3.05, 3.63) is 64.8 Å². The summed E-state index contributed by atoms with van der Waals surface area (Å²) in [6.07, 6.45) is 1.82. The third-order valence-corrected chi connectivity index (χ3v) is 6.06. The molecule has 0 saturated heterocycles. The molecule has 0 unspecified atom stereocenters. The molecule has 2 aliphatic rings. The molecule has 0 atom stereocenters. The highest BCUT2D eigenvalue weighted by atomic mass is 35.5. The summed E-state index contributed by atoms with van der Waals surface area (Å²) in [5, 5.41) is 10.0. The van der Waals surface area contributed by atoms with Crippen LogP contribution in [0.5, 0.6) is 0 Å². The standard InChI is InChI=1S/C22H17ClN6O2S/c23-14-3-6-16-17(10-14)27-18(30)9-13-11-25-21(28-19(13)16)26-15-4-1-12(2-5-15)20(31)29-22-24-7-8-32-22/h1-6,10-11H,7-9H2,(H,27,30)(H,24,29,31)(H,25,26,28). The Morgan fingerprint density at radius 3 is 2.78 bits per heavy atom. The van der Waals surface area contributed by atoms with E-state index >= 15 is 0 Å². The van der Waals surface area contributed by atoms with E-state index in [9.17, 15) is 9.59 Å². The van der Waals surface area contributed by atoms with E-state index in [4.69, 9.17) is 11.6 Å². The third kappa shape index (κ3) is 4.30. The average molecular weight is 465 g/mol. The van der Waals surface area contributed by atoms with Gasteiger partial charge in [0.25, 0.3) is 5.91 Å². The van der Waals surface area contributed by atoms with Crippen LogP contribution in [0.3, 0.4) is 0 Å². The number of aliphatic imine (C=N–C) groups is 1. The number of amides is 2. The van der Waals surface area contributed by atoms with Crippen molar-refractivity contribution in [1.29, 1.82) is 0 Å². The van der Waals surface area contributed by atoms with Gasteiger partial charge in [0, 0.05) is 39.4 Å². The van der Waals surface area contributed by atoms with Crippen LogP contribution in [0.2, 0.25) is 5.02 Å². The molecule has 160 valence electrons. The first-order valence-corrected chi connectivity index (χ1v) is 11.2. The summed E-state index contributed by atoms with van der Waals surface area (Å²) < 4.78 is 0. The molecule has 3 N–H and O–H groups in total. The Bertz CT molecular complexity index is 1260. The van der Waals surface area contributed by atoms with E-state index in [1.54, 1.807) is 42.6 Å². The van der Waals surface area contributed by atoms with E-state index in [-0.39, 0.29) is 18.2 Å². The van der Waals surface area contributed by atoms with E-state index in [0.29, 0.717) is 33.1 Å². The van der Waals surface area contributed by atoms with Gasteiger partial charge >= 0.3 is 0 Å². The number of hydrogen-bond acceptors (Lipinski definition) is 7. The molecule has 1 aromatic heterocycles. The number of halogens is 1. The number of benzene rings is 2. The normalized spacial score (nSPS) is 14.5. The fourth-order valence-electron chi connectivity index (χ4n) is 3.44. The molecule has 0 bridgehead atoms. The first-order valence-electron chi connectivity index (χ1n) is 9.86. The van der Waals surface area contributed by atoms with Crippen LogP contribution in [0.4, 0.5) is 17.3 Å². The minimum atomic E-state index is -0.196. The number of fused-ring (bicyclic) bond motifs is 3. The molecular weight excluding hydrogens is 448 g/mol. The highest BCUT2D eigenvalue weighted by molar-refractivity contribution is 8.14. The van der Waals surface area contributed by atoms with E-state index < -0.39 is 0 Å². The Balaban J connectivity index is 1.37. The second-order valence-corrected chi connectivity index (χ2v) is 8.69. The quantitative estimate of drug-likeness (QED) is 0.543. The summed E-state index contributed by atoms with van der Waals surface area (Å²) in [6.45, 7) is 0.728. The topological polar surface area (TPSA) is 108 Å². The number of carbonyl (C=O) groups excluding carboxylic acids is 2. The van der Waals surface area contributed by atoms with Crippen molar-refractivity contribution in [3.63, 3.8) is 0 Å². The molecule has 0 aliphatic carbocycles. The highest BCUT2D eigenvalue weighted by Gasteiger charge is 2.21. The maximum Gasteiger partial charge on any atom is 0.257 e. The van der Waals surface area contributed by atoms with Crippen molar-refractivity contribution < 1.29 is 9.59 Å². The molecular formula is C22H17ClN6O2S. The second kappa shape index (κ2) is 8.60. The fraction of sp³-hybridized carbons (Fsp3) is 0.136. The van der Waals surface area contributed by atoms with E-state index in [0.717, 1.165) is 29.1 Å². The zero-order chi connectivity index (χ0) is 22.1. The number of amidine groups is 1. The Morgan fingerprint density at radius 1 is 1.16 bits per heavy atom. The van der Waals surface area contributed by atoms with Gasteiger partial charge in [-0.2, -0.15) is 0 Å². The zero-order valence-electron chi connectivity index (χ0n) is 16.7. The lowest BCUT2D eigenvalue weighted by Gasteiger charge is -2.11. The van der Waals surface area contributed by atoms with Crippen LogP contribution in [0.1, 0.15) is 15.9 Å². The smallest absolute Gasteiger partial charge is 0.257 e. The van der Waals surface area contributed by atoms with Gasteiger partial charge in [-0.25, -0.2) is 9.97 Å². The first kappa shape index (κ1) is 20.5. The van der Waals surface area contributed by atoms with Gasteiger partial charge in [-0.3, -0.25) is 14.6 Å². The summed E-state index contributed by atoms with van der Waals surface area (Å²) in [5.41, 5.74) is 4.05. The summed E-state index contributed by atoms with van der Waals surface area (Å²) >= 11 is 7.63. The minimum Gasteiger partial charge on any atom is -0.325 e. The van der Waals surface area contributed by atoms with Gasteiger partial charge in [-0.15, -0.1) is 0 Å². The lowest BCUT2D eigenvalue weighted by Crippen LogP contribution is -2.27. The highest BCUT2D eigenvalue weighted by Crippen LogP contribution is 2.34. The predicted octanol–water partition coefficient (Wildman–Crippen LogP) is 3.87. The van der Waals surface area contributed by atoms with Gasteiger partial charge in [0.15, 0.2) is 5.17 Å². The Hall–Kier alpha value is -3.43. The van der Waals surface area contributed by atoms with Crippen LogP contribution in [0.15, 0.2) is 53.7 Å². The van der Waals surface area contributed by atoms with E-state index in [1.165, 1.54) is 11.8 Å². The van der Waals surface area contributed by atoms with Crippen molar-refractivity contribution in [1.82, 2.24) is 15.3 Å². The number of anilines is 3. The van der Waals surface area contributed by atoms with Crippen molar-refractivity contribution in [2.24, 2.45) is 4.99 Å². The Kier molecular flexibility index (Phi) is 5.50. The van der Waals surface area contributed by atoms with E-state index in [2.05, 4.69) is 30.9 Å². The second-order valence-electron chi connectivity index (χ2n) is 7.17. The fourth-order valence-corrected chi connectivity index (χ4v) is 4.33. The summed E-state index contributed by atoms with van der Waals surface area (Å²) in [6, 6.07) is 12.3. The molecule has 0 fully saturated rings. The SMILES string of the molecule is O=C1Cc2cnc(Nc3ccc(C(=O)NC4=NCCS4)cc3)nc2-c2ccc(Cl)cc2N1. The molecule has 3 aromatic rings. The van der Waals surface area contributed by atoms with Crippen molar-refractivity contribution in [2.45, 2.75) is 6.42 Å². The molecule has 3 heterocycles. The molecule has 2 aliphatic heterocycles. The predicted molar refractivity (Wildman–Crippen MR) is 127 cm³/mol. The summed E-state index contributed by atoms with van der Waals surface area (Å²) in [4.78, 5) is 37.8. The van der Waals surface area contributed by atoms with Crippen LogP contribution in [-0.4, -0.2) is 39.2 Å². The molecule has 8 nitrogen and oxygen atoms in total. The molecule has 2 aromatic carbocycles. The monoisotopic (exact) mass is 464 g/mol. The number of carbonyl (C=O) groups is 2. The van der Waals surface area contributed by atoms with E-state index in [1.807, 2.05) is 6.07 Å². The molecule has 5 rings (SSSR count). The number of thioether (sulfide) groups is 1. The molecule has 32 heavy (non-hydrogen) atoms. The van der Waals surface area contributed by atoms with Gasteiger partial charge < -0.3 is 16.0 Å². The van der Waals surface area contributed by atoms with Crippen molar-refractivity contribution in [3.8, 4) is 11.3 Å². The number of aromatic nitrogens is 2. The minimum absolute atomic E-state index is 0.146. The van der Waals surface area contributed by atoms with Gasteiger partial charge in [0.05, 0.1) is 24.3 Å². The number of hydrogen-bond donors (Lipinski definition) is 3. The number of nitrogens with one attached hydrogen (secondary N) is 3. The molecule has 10 heteroatoms. The van der Waals surface area contributed by atoms with Gasteiger partial charge in [-0.05, 0) is 42.5 Å². The summed E-state index contributed by atoms with van der Waals surface area (Å²) in [7, 11) is 0. The van der Waals surface area contributed by atoms with Crippen LogP contribution >= 0.6 is 23.4 Å². The van der Waals surface area contributed by atoms with Gasteiger partial charge in [0.2, 0.25) is 11.9 Å². The molecule has 0 radical (unpaired) electrons. The van der Waals surface area contributed by atoms with Gasteiger partial charge in [-0.1, -0.05) is 23.4 Å². The van der Waals surface area contributed by atoms with Crippen molar-refractivity contribution in [2.75, 3.05) is 22.9 Å². The van der Waals surface area contributed by atoms with Crippen LogP contribution in [-0.2, 0) is 11.2 Å². The largest absolute Gasteiger partial charge is 0.325 e. The Morgan fingerprint density at radius 2 is 2.00 bits per heavy atom. The third-order valence-electron chi connectivity index (χ3n) is 4.94. The molecule has 0 saturated carbocycles. The summed E-state index contributed by atoms with van der Waals surface area (Å²) in [5.74, 6) is 0.930. The van der Waals surface area contributed by atoms with Crippen LogP contribution < -0.4 is 16.0 Å². The van der Waals surface area contributed by atoms with Crippen LogP contribution in [0.25, 0.3) is 11.3 Å². The lowest BCUT2D eigenvalue weighted by molar-refractivity contribution is -0.115. The van der Waals surface area contributed by atoms with Crippen molar-refractivity contribution >= 4 is 57.7 Å². The maximum atomic E-state index is 12.3. The van der Waals surface area contributed by atoms with Gasteiger partial charge in [0.1, 0.15) is 0 Å². The molecule has 2 amide bonds. The molecule has 0 spiro atoms. The number of nitrogens with zero attached hydrogens (tertiary/aromatic N) is 3. The Labute approximate surface area is 192 Å². The first-order chi connectivity index (χ1) is 15.5. The lowest BCUT2D eigenvalue weighted by atomic mass is 10.1. The average Bonchev–Trinajstić information content (AvgIpc) is 3.24. The number of rotatable bonds is 3.